The summed E-state index contributed by atoms with van der Waals surface area (Å²) in [4.78, 5) is 28.6. The van der Waals surface area contributed by atoms with Crippen LogP contribution in [0.1, 0.15) is 47.5 Å². The van der Waals surface area contributed by atoms with Gasteiger partial charge in [-0.15, -0.1) is 11.3 Å². The van der Waals surface area contributed by atoms with Crippen LogP contribution in [0.3, 0.4) is 0 Å². The van der Waals surface area contributed by atoms with Crippen molar-refractivity contribution in [2.24, 2.45) is 0 Å². The van der Waals surface area contributed by atoms with Crippen LogP contribution in [0.2, 0.25) is 0 Å². The fraction of sp³-hybridized carbons (Fsp3) is 0.429. The van der Waals surface area contributed by atoms with Gasteiger partial charge in [-0.25, -0.2) is 9.59 Å². The number of amides is 2. The van der Waals surface area contributed by atoms with Crippen molar-refractivity contribution < 1.29 is 19.1 Å². The standard InChI is InChI=1S/C21H24N2O4S/c1-3-26-20(24)18-14-8-4-7-11-17(14)28-19(18)22-21(25)23-12-13(2)27-16-10-6-5-9-15(16)23/h5-6,9-10,13H,3-4,7-8,11-12H2,1-2H3,(H,22,25)/t13-/m1/s1. The van der Waals surface area contributed by atoms with Crippen molar-refractivity contribution in [1.82, 2.24) is 0 Å². The van der Waals surface area contributed by atoms with Gasteiger partial charge in [0.15, 0.2) is 0 Å². The molecule has 2 aliphatic rings. The Bertz CT molecular complexity index is 908. The van der Waals surface area contributed by atoms with Gasteiger partial charge >= 0.3 is 12.0 Å². The molecule has 0 radical (unpaired) electrons. The molecular formula is C21H24N2O4S. The molecule has 148 valence electrons. The van der Waals surface area contributed by atoms with Gasteiger partial charge in [-0.2, -0.15) is 0 Å². The average Bonchev–Trinajstić information content (AvgIpc) is 3.05. The average molecular weight is 401 g/mol. The van der Waals surface area contributed by atoms with E-state index in [4.69, 9.17) is 9.47 Å². The van der Waals surface area contributed by atoms with E-state index in [-0.39, 0.29) is 18.1 Å². The lowest BCUT2D eigenvalue weighted by molar-refractivity contribution is 0.0526. The van der Waals surface area contributed by atoms with Gasteiger partial charge in [-0.3, -0.25) is 10.2 Å². The first kappa shape index (κ1) is 18.8. The minimum absolute atomic E-state index is 0.110. The first-order chi connectivity index (χ1) is 13.6. The molecule has 2 aromatic rings. The highest BCUT2D eigenvalue weighted by Gasteiger charge is 2.31. The molecule has 4 rings (SSSR count). The molecule has 0 fully saturated rings. The number of thiophene rings is 1. The van der Waals surface area contributed by atoms with Crippen molar-refractivity contribution in [2.45, 2.75) is 45.6 Å². The Morgan fingerprint density at radius 2 is 2.07 bits per heavy atom. The second kappa shape index (κ2) is 7.83. The second-order valence-corrected chi connectivity index (χ2v) is 8.18. The van der Waals surface area contributed by atoms with Crippen LogP contribution in [0, 0.1) is 0 Å². The lowest BCUT2D eigenvalue weighted by atomic mass is 9.95. The van der Waals surface area contributed by atoms with Crippen molar-refractivity contribution in [2.75, 3.05) is 23.4 Å². The lowest BCUT2D eigenvalue weighted by Gasteiger charge is -2.33. The molecule has 0 unspecified atom stereocenters. The number of benzene rings is 1. The molecule has 0 saturated carbocycles. The van der Waals surface area contributed by atoms with Crippen LogP contribution in [0.25, 0.3) is 0 Å². The fourth-order valence-electron chi connectivity index (χ4n) is 3.82. The molecule has 6 nitrogen and oxygen atoms in total. The third kappa shape index (κ3) is 3.46. The zero-order valence-corrected chi connectivity index (χ0v) is 16.9. The van der Waals surface area contributed by atoms with Crippen molar-refractivity contribution >= 4 is 34.0 Å². The molecule has 0 saturated heterocycles. The number of hydrogen-bond acceptors (Lipinski definition) is 5. The highest BCUT2D eigenvalue weighted by molar-refractivity contribution is 7.17. The summed E-state index contributed by atoms with van der Waals surface area (Å²) in [5.74, 6) is 0.334. The molecule has 0 spiro atoms. The molecule has 2 heterocycles. The molecular weight excluding hydrogens is 376 g/mol. The van der Waals surface area contributed by atoms with E-state index >= 15 is 0 Å². The van der Waals surface area contributed by atoms with E-state index in [9.17, 15) is 9.59 Å². The molecule has 1 aromatic carbocycles. The zero-order chi connectivity index (χ0) is 19.7. The molecule has 1 N–H and O–H groups in total. The summed E-state index contributed by atoms with van der Waals surface area (Å²) in [6, 6.07) is 7.24. The number of aryl methyl sites for hydroxylation is 1. The molecule has 2 amide bonds. The Labute approximate surface area is 168 Å². The molecule has 28 heavy (non-hydrogen) atoms. The predicted molar refractivity (Wildman–Crippen MR) is 110 cm³/mol. The maximum Gasteiger partial charge on any atom is 0.341 e. The van der Waals surface area contributed by atoms with Gasteiger partial charge in [0, 0.05) is 4.88 Å². The van der Waals surface area contributed by atoms with E-state index in [1.165, 1.54) is 16.2 Å². The number of para-hydroxylation sites is 2. The van der Waals surface area contributed by atoms with Gasteiger partial charge < -0.3 is 9.47 Å². The Kier molecular flexibility index (Phi) is 5.26. The Morgan fingerprint density at radius 1 is 1.29 bits per heavy atom. The van der Waals surface area contributed by atoms with Crippen molar-refractivity contribution in [3.63, 3.8) is 0 Å². The molecule has 1 aliphatic heterocycles. The van der Waals surface area contributed by atoms with E-state index in [2.05, 4.69) is 5.32 Å². The SMILES string of the molecule is CCOC(=O)c1c(NC(=O)N2C[C@@H](C)Oc3ccccc32)sc2c1CCCC2. The number of carbonyl (C=O) groups is 2. The van der Waals surface area contributed by atoms with Gasteiger partial charge in [-0.05, 0) is 57.2 Å². The molecule has 7 heteroatoms. The van der Waals surface area contributed by atoms with Gasteiger partial charge in [0.05, 0.1) is 24.4 Å². The van der Waals surface area contributed by atoms with E-state index in [1.54, 1.807) is 11.8 Å². The minimum Gasteiger partial charge on any atom is -0.487 e. The molecule has 0 bridgehead atoms. The van der Waals surface area contributed by atoms with Gasteiger partial charge in [0.25, 0.3) is 0 Å². The monoisotopic (exact) mass is 400 g/mol. The Hall–Kier alpha value is -2.54. The number of nitrogens with zero attached hydrogens (tertiary/aromatic N) is 1. The van der Waals surface area contributed by atoms with Crippen LogP contribution in [-0.4, -0.2) is 31.3 Å². The third-order valence-electron chi connectivity index (χ3n) is 5.04. The highest BCUT2D eigenvalue weighted by Crippen LogP contribution is 2.39. The number of fused-ring (bicyclic) bond motifs is 2. The summed E-state index contributed by atoms with van der Waals surface area (Å²) < 4.78 is 11.1. The number of rotatable bonds is 3. The van der Waals surface area contributed by atoms with Gasteiger partial charge in [0.2, 0.25) is 0 Å². The minimum atomic E-state index is -0.354. The zero-order valence-electron chi connectivity index (χ0n) is 16.1. The molecule has 1 atom stereocenters. The van der Waals surface area contributed by atoms with Crippen LogP contribution in [0.5, 0.6) is 5.75 Å². The number of esters is 1. The number of nitrogens with one attached hydrogen (secondary N) is 1. The highest BCUT2D eigenvalue weighted by atomic mass is 32.1. The number of urea groups is 1. The number of carbonyl (C=O) groups excluding carboxylic acids is 2. The topological polar surface area (TPSA) is 67.9 Å². The second-order valence-electron chi connectivity index (χ2n) is 7.07. The summed E-state index contributed by atoms with van der Waals surface area (Å²) in [5, 5.41) is 3.58. The van der Waals surface area contributed by atoms with E-state index in [1.807, 2.05) is 31.2 Å². The van der Waals surface area contributed by atoms with E-state index in [0.717, 1.165) is 36.9 Å². The summed E-state index contributed by atoms with van der Waals surface area (Å²) in [7, 11) is 0. The van der Waals surface area contributed by atoms with Crippen molar-refractivity contribution in [3.8, 4) is 5.75 Å². The summed E-state index contributed by atoms with van der Waals surface area (Å²) in [5.41, 5.74) is 2.31. The quantitative estimate of drug-likeness (QED) is 0.763. The Morgan fingerprint density at radius 3 is 2.89 bits per heavy atom. The first-order valence-corrected chi connectivity index (χ1v) is 10.6. The van der Waals surface area contributed by atoms with Crippen molar-refractivity contribution in [1.29, 1.82) is 0 Å². The van der Waals surface area contributed by atoms with Crippen LogP contribution >= 0.6 is 11.3 Å². The lowest BCUT2D eigenvalue weighted by Crippen LogP contribution is -2.44. The number of anilines is 2. The van der Waals surface area contributed by atoms with Crippen molar-refractivity contribution in [3.05, 3.63) is 40.3 Å². The normalized spacial score (nSPS) is 17.9. The largest absolute Gasteiger partial charge is 0.487 e. The molecule has 1 aliphatic carbocycles. The van der Waals surface area contributed by atoms with Gasteiger partial charge in [-0.1, -0.05) is 12.1 Å². The maximum absolute atomic E-state index is 13.1. The summed E-state index contributed by atoms with van der Waals surface area (Å²) >= 11 is 1.50. The van der Waals surface area contributed by atoms with Gasteiger partial charge in [0.1, 0.15) is 16.9 Å². The summed E-state index contributed by atoms with van der Waals surface area (Å²) in [6.07, 6.45) is 3.85. The first-order valence-electron chi connectivity index (χ1n) is 9.74. The van der Waals surface area contributed by atoms with Crippen LogP contribution in [0.15, 0.2) is 24.3 Å². The number of hydrogen-bond donors (Lipinski definition) is 1. The van der Waals surface area contributed by atoms with Crippen LogP contribution in [-0.2, 0) is 17.6 Å². The third-order valence-corrected chi connectivity index (χ3v) is 6.25. The summed E-state index contributed by atoms with van der Waals surface area (Å²) in [6.45, 7) is 4.49. The fourth-order valence-corrected chi connectivity index (χ4v) is 5.09. The Balaban J connectivity index is 1.65. The predicted octanol–water partition coefficient (Wildman–Crippen LogP) is 4.62. The molecule has 1 aromatic heterocycles. The number of ether oxygens (including phenoxy) is 2. The maximum atomic E-state index is 13.1. The smallest absolute Gasteiger partial charge is 0.341 e. The van der Waals surface area contributed by atoms with E-state index < -0.39 is 0 Å². The van der Waals surface area contributed by atoms with Crippen LogP contribution < -0.4 is 15.0 Å². The van der Waals surface area contributed by atoms with Crippen LogP contribution in [0.4, 0.5) is 15.5 Å². The van der Waals surface area contributed by atoms with E-state index in [0.29, 0.717) is 29.5 Å².